The number of nitrogens with one attached hydrogen (secondary N) is 1. The molecule has 0 spiro atoms. The largest absolute Gasteiger partial charge is 0.310 e. The van der Waals surface area contributed by atoms with Crippen molar-refractivity contribution in [3.63, 3.8) is 0 Å². The highest BCUT2D eigenvalue weighted by atomic mass is 15.1. The molecule has 19 heavy (non-hydrogen) atoms. The second-order valence-corrected chi connectivity index (χ2v) is 6.02. The molecule has 3 nitrogen and oxygen atoms in total. The molecule has 1 unspecified atom stereocenters. The van der Waals surface area contributed by atoms with Crippen LogP contribution < -0.4 is 5.32 Å². The average molecular weight is 261 g/mol. The normalized spacial score (nSPS) is 16.8. The summed E-state index contributed by atoms with van der Waals surface area (Å²) in [5, 5.41) is 3.52. The highest BCUT2D eigenvalue weighted by Gasteiger charge is 2.19. The van der Waals surface area contributed by atoms with Crippen molar-refractivity contribution in [1.29, 1.82) is 0 Å². The Morgan fingerprint density at radius 2 is 2.21 bits per heavy atom. The fourth-order valence-corrected chi connectivity index (χ4v) is 2.21. The van der Waals surface area contributed by atoms with Crippen LogP contribution in [0.3, 0.4) is 0 Å². The van der Waals surface area contributed by atoms with Crippen LogP contribution in [-0.4, -0.2) is 29.5 Å². The van der Waals surface area contributed by atoms with E-state index >= 15 is 0 Å². The zero-order valence-corrected chi connectivity index (χ0v) is 12.5. The summed E-state index contributed by atoms with van der Waals surface area (Å²) < 4.78 is 0. The Morgan fingerprint density at radius 3 is 2.79 bits per heavy atom. The third-order valence-corrected chi connectivity index (χ3v) is 3.81. The Labute approximate surface area is 117 Å². The first-order valence-electron chi connectivity index (χ1n) is 7.53. The molecule has 106 valence electrons. The van der Waals surface area contributed by atoms with Crippen molar-refractivity contribution in [3.05, 3.63) is 29.6 Å². The van der Waals surface area contributed by atoms with E-state index in [1.54, 1.807) is 0 Å². The van der Waals surface area contributed by atoms with Gasteiger partial charge in [0, 0.05) is 31.9 Å². The second kappa shape index (κ2) is 7.01. The lowest BCUT2D eigenvalue weighted by molar-refractivity contribution is 0.272. The molecule has 1 fully saturated rings. The predicted molar refractivity (Wildman–Crippen MR) is 79.9 cm³/mol. The Bertz CT molecular complexity index is 370. The smallest absolute Gasteiger partial charge is 0.0544 e. The van der Waals surface area contributed by atoms with E-state index in [4.69, 9.17) is 0 Å². The third kappa shape index (κ3) is 5.29. The molecule has 2 rings (SSSR count). The number of hydrogen-bond acceptors (Lipinski definition) is 3. The maximum atomic E-state index is 4.57. The number of rotatable bonds is 8. The first-order valence-corrected chi connectivity index (χ1v) is 7.53. The summed E-state index contributed by atoms with van der Waals surface area (Å²) in [6.07, 6.45) is 5.93. The van der Waals surface area contributed by atoms with Crippen molar-refractivity contribution in [3.8, 4) is 0 Å². The quantitative estimate of drug-likeness (QED) is 0.780. The summed E-state index contributed by atoms with van der Waals surface area (Å²) >= 11 is 0. The molecule has 1 aliphatic carbocycles. The summed E-state index contributed by atoms with van der Waals surface area (Å²) in [5.41, 5.74) is 2.46. The van der Waals surface area contributed by atoms with Gasteiger partial charge in [-0.2, -0.15) is 0 Å². The molecule has 0 amide bonds. The Hall–Kier alpha value is -0.930. The maximum Gasteiger partial charge on any atom is 0.0544 e. The summed E-state index contributed by atoms with van der Waals surface area (Å²) in [6.45, 7) is 7.60. The molecule has 1 aromatic heterocycles. The first-order chi connectivity index (χ1) is 9.17. The Morgan fingerprint density at radius 1 is 1.42 bits per heavy atom. The van der Waals surface area contributed by atoms with Gasteiger partial charge in [0.2, 0.25) is 0 Å². The molecule has 3 heteroatoms. The van der Waals surface area contributed by atoms with Gasteiger partial charge in [-0.1, -0.05) is 26.3 Å². The molecule has 0 aliphatic heterocycles. The van der Waals surface area contributed by atoms with Gasteiger partial charge < -0.3 is 10.2 Å². The van der Waals surface area contributed by atoms with Crippen LogP contribution in [0, 0.1) is 5.92 Å². The molecule has 1 heterocycles. The van der Waals surface area contributed by atoms with Crippen molar-refractivity contribution < 1.29 is 0 Å². The standard InChI is InChI=1S/C16H27N3/c1-4-13(2)11-19(3)12-16-6-5-14(10-18-16)9-17-15-7-8-15/h5-6,10,13,15,17H,4,7-9,11-12H2,1-3H3. The zero-order chi connectivity index (χ0) is 13.7. The number of hydrogen-bond donors (Lipinski definition) is 1. The second-order valence-electron chi connectivity index (χ2n) is 6.02. The van der Waals surface area contributed by atoms with Gasteiger partial charge in [-0.15, -0.1) is 0 Å². The van der Waals surface area contributed by atoms with Gasteiger partial charge in [-0.05, 0) is 37.4 Å². The van der Waals surface area contributed by atoms with Crippen LogP contribution in [0.1, 0.15) is 44.4 Å². The lowest BCUT2D eigenvalue weighted by Crippen LogP contribution is -2.24. The highest BCUT2D eigenvalue weighted by molar-refractivity contribution is 5.14. The lowest BCUT2D eigenvalue weighted by Gasteiger charge is -2.20. The summed E-state index contributed by atoms with van der Waals surface area (Å²) in [7, 11) is 2.18. The number of aromatic nitrogens is 1. The van der Waals surface area contributed by atoms with Gasteiger partial charge in [0.15, 0.2) is 0 Å². The summed E-state index contributed by atoms with van der Waals surface area (Å²) in [6, 6.07) is 5.13. The summed E-state index contributed by atoms with van der Waals surface area (Å²) in [4.78, 5) is 6.93. The molecule has 0 aromatic carbocycles. The van der Waals surface area contributed by atoms with Crippen LogP contribution in [0.5, 0.6) is 0 Å². The van der Waals surface area contributed by atoms with E-state index in [0.717, 1.165) is 31.6 Å². The summed E-state index contributed by atoms with van der Waals surface area (Å²) in [5.74, 6) is 0.756. The minimum absolute atomic E-state index is 0.756. The van der Waals surface area contributed by atoms with Gasteiger partial charge in [-0.3, -0.25) is 4.98 Å². The van der Waals surface area contributed by atoms with E-state index in [0.29, 0.717) is 0 Å². The number of pyridine rings is 1. The molecule has 0 radical (unpaired) electrons. The van der Waals surface area contributed by atoms with Gasteiger partial charge in [0.25, 0.3) is 0 Å². The van der Waals surface area contributed by atoms with Crippen LogP contribution in [0.4, 0.5) is 0 Å². The third-order valence-electron chi connectivity index (χ3n) is 3.81. The lowest BCUT2D eigenvalue weighted by atomic mass is 10.1. The van der Waals surface area contributed by atoms with E-state index in [1.807, 2.05) is 6.20 Å². The average Bonchev–Trinajstić information content (AvgIpc) is 3.21. The van der Waals surface area contributed by atoms with Crippen molar-refractivity contribution >= 4 is 0 Å². The molecular formula is C16H27N3. The predicted octanol–water partition coefficient (Wildman–Crippen LogP) is 2.81. The monoisotopic (exact) mass is 261 g/mol. The highest BCUT2D eigenvalue weighted by Crippen LogP contribution is 2.19. The van der Waals surface area contributed by atoms with E-state index in [9.17, 15) is 0 Å². The topological polar surface area (TPSA) is 28.2 Å². The fourth-order valence-electron chi connectivity index (χ4n) is 2.21. The molecule has 1 aromatic rings. The maximum absolute atomic E-state index is 4.57. The molecule has 0 bridgehead atoms. The van der Waals surface area contributed by atoms with Gasteiger partial charge in [0.1, 0.15) is 0 Å². The SMILES string of the molecule is CCC(C)CN(C)Cc1ccc(CNC2CC2)cn1. The molecule has 1 N–H and O–H groups in total. The Kier molecular flexibility index (Phi) is 5.34. The molecule has 1 aliphatic rings. The number of nitrogens with zero attached hydrogens (tertiary/aromatic N) is 2. The van der Waals surface area contributed by atoms with Crippen LogP contribution in [0.2, 0.25) is 0 Å². The van der Waals surface area contributed by atoms with Crippen LogP contribution in [-0.2, 0) is 13.1 Å². The van der Waals surface area contributed by atoms with Crippen molar-refractivity contribution in [2.75, 3.05) is 13.6 Å². The van der Waals surface area contributed by atoms with E-state index in [1.165, 1.54) is 30.5 Å². The van der Waals surface area contributed by atoms with Crippen molar-refractivity contribution in [1.82, 2.24) is 15.2 Å². The van der Waals surface area contributed by atoms with Gasteiger partial charge in [-0.25, -0.2) is 0 Å². The minimum Gasteiger partial charge on any atom is -0.310 e. The zero-order valence-electron chi connectivity index (χ0n) is 12.5. The van der Waals surface area contributed by atoms with Crippen LogP contribution >= 0.6 is 0 Å². The molecule has 1 saturated carbocycles. The molecule has 0 saturated heterocycles. The van der Waals surface area contributed by atoms with Gasteiger partial charge in [0.05, 0.1) is 5.69 Å². The van der Waals surface area contributed by atoms with Crippen LogP contribution in [0.25, 0.3) is 0 Å². The van der Waals surface area contributed by atoms with E-state index in [-0.39, 0.29) is 0 Å². The van der Waals surface area contributed by atoms with Crippen LogP contribution in [0.15, 0.2) is 18.3 Å². The molecular weight excluding hydrogens is 234 g/mol. The Balaban J connectivity index is 1.76. The van der Waals surface area contributed by atoms with E-state index < -0.39 is 0 Å². The van der Waals surface area contributed by atoms with Crippen molar-refractivity contribution in [2.24, 2.45) is 5.92 Å². The fraction of sp³-hybridized carbons (Fsp3) is 0.688. The minimum atomic E-state index is 0.756. The first kappa shape index (κ1) is 14.5. The van der Waals surface area contributed by atoms with Crippen molar-refractivity contribution in [2.45, 2.75) is 52.2 Å². The van der Waals surface area contributed by atoms with E-state index in [2.05, 4.69) is 48.2 Å². The van der Waals surface area contributed by atoms with Gasteiger partial charge >= 0.3 is 0 Å². The molecule has 1 atom stereocenters.